The molecule has 0 aromatic heterocycles. The van der Waals surface area contributed by atoms with E-state index in [9.17, 15) is 0 Å². The Balaban J connectivity index is 2.28. The van der Waals surface area contributed by atoms with Gasteiger partial charge in [0.2, 0.25) is 0 Å². The van der Waals surface area contributed by atoms with Gasteiger partial charge in [-0.3, -0.25) is 0 Å². The topological polar surface area (TPSA) is 32.3 Å². The highest BCUT2D eigenvalue weighted by atomic mass is 16.3. The maximum Gasteiger partial charge on any atom is 0.0436 e. The van der Waals surface area contributed by atoms with Crippen LogP contribution in [-0.2, 0) is 6.42 Å². The molecule has 0 aliphatic rings. The molecule has 0 bridgehead atoms. The number of hydrogen-bond donors (Lipinski definition) is 2. The van der Waals surface area contributed by atoms with Crippen LogP contribution in [0, 0.1) is 12.3 Å². The van der Waals surface area contributed by atoms with Crippen molar-refractivity contribution in [1.29, 1.82) is 0 Å². The highest BCUT2D eigenvalue weighted by Crippen LogP contribution is 2.18. The summed E-state index contributed by atoms with van der Waals surface area (Å²) in [6.45, 7) is 9.99. The van der Waals surface area contributed by atoms with Crippen LogP contribution in [0.15, 0.2) is 24.3 Å². The van der Waals surface area contributed by atoms with Crippen LogP contribution in [0.4, 0.5) is 0 Å². The second kappa shape index (κ2) is 7.66. The summed E-state index contributed by atoms with van der Waals surface area (Å²) in [4.78, 5) is 0. The van der Waals surface area contributed by atoms with Crippen LogP contribution in [0.3, 0.4) is 0 Å². The van der Waals surface area contributed by atoms with Crippen molar-refractivity contribution in [1.82, 2.24) is 5.32 Å². The fourth-order valence-electron chi connectivity index (χ4n) is 2.08. The lowest BCUT2D eigenvalue weighted by Crippen LogP contribution is -2.36. The summed E-state index contributed by atoms with van der Waals surface area (Å²) in [5.74, 6) is 0. The molecule has 0 aliphatic heterocycles. The normalized spacial score (nSPS) is 13.5. The van der Waals surface area contributed by atoms with Gasteiger partial charge in [0.15, 0.2) is 0 Å². The molecule has 0 spiro atoms. The molecule has 2 heteroatoms. The van der Waals surface area contributed by atoms with E-state index in [2.05, 4.69) is 57.3 Å². The first-order valence-electron chi connectivity index (χ1n) is 7.33. The predicted octanol–water partition coefficient (Wildman–Crippen LogP) is 3.31. The third kappa shape index (κ3) is 6.74. The number of aliphatic hydroxyl groups excluding tert-OH is 1. The second-order valence-corrected chi connectivity index (χ2v) is 6.44. The molecule has 1 rings (SSSR count). The molecule has 0 aliphatic carbocycles. The van der Waals surface area contributed by atoms with Crippen LogP contribution >= 0.6 is 0 Å². The molecule has 1 aromatic rings. The van der Waals surface area contributed by atoms with Crippen molar-refractivity contribution in [2.45, 2.75) is 53.0 Å². The van der Waals surface area contributed by atoms with E-state index in [-0.39, 0.29) is 12.0 Å². The third-order valence-electron chi connectivity index (χ3n) is 3.70. The van der Waals surface area contributed by atoms with E-state index in [0.717, 1.165) is 25.8 Å². The van der Waals surface area contributed by atoms with Crippen molar-refractivity contribution in [3.8, 4) is 0 Å². The third-order valence-corrected chi connectivity index (χ3v) is 3.70. The quantitative estimate of drug-likeness (QED) is 0.754. The fraction of sp³-hybridized carbons (Fsp3) is 0.647. The summed E-state index contributed by atoms with van der Waals surface area (Å²) >= 11 is 0. The van der Waals surface area contributed by atoms with Crippen LogP contribution in [0.2, 0.25) is 0 Å². The Morgan fingerprint density at radius 1 is 1.21 bits per heavy atom. The van der Waals surface area contributed by atoms with Gasteiger partial charge in [0.05, 0.1) is 0 Å². The smallest absolute Gasteiger partial charge is 0.0436 e. The van der Waals surface area contributed by atoms with Crippen LogP contribution in [0.25, 0.3) is 0 Å². The lowest BCUT2D eigenvalue weighted by molar-refractivity contribution is 0.203. The minimum atomic E-state index is 0.173. The average molecular weight is 263 g/mol. The standard InChI is InChI=1S/C17H29NO/c1-14-5-8-16(9-6-14)10-7-15(2)18-13-17(3,4)11-12-19/h5-6,8-9,15,18-19H,7,10-13H2,1-4H3. The molecule has 1 unspecified atom stereocenters. The molecule has 2 nitrogen and oxygen atoms in total. The summed E-state index contributed by atoms with van der Waals surface area (Å²) in [7, 11) is 0. The Bertz CT molecular complexity index is 356. The van der Waals surface area contributed by atoms with Gasteiger partial charge in [-0.1, -0.05) is 43.7 Å². The zero-order valence-electron chi connectivity index (χ0n) is 12.9. The summed E-state index contributed by atoms with van der Waals surface area (Å²) in [6.07, 6.45) is 3.12. The van der Waals surface area contributed by atoms with E-state index in [1.54, 1.807) is 0 Å². The molecular formula is C17H29NO. The molecule has 2 N–H and O–H groups in total. The van der Waals surface area contributed by atoms with Crippen molar-refractivity contribution in [3.63, 3.8) is 0 Å². The fourth-order valence-corrected chi connectivity index (χ4v) is 2.08. The van der Waals surface area contributed by atoms with Gasteiger partial charge >= 0.3 is 0 Å². The van der Waals surface area contributed by atoms with Crippen LogP contribution in [-0.4, -0.2) is 24.3 Å². The molecule has 0 radical (unpaired) electrons. The maximum atomic E-state index is 9.01. The second-order valence-electron chi connectivity index (χ2n) is 6.44. The van der Waals surface area contributed by atoms with Crippen molar-refractivity contribution < 1.29 is 5.11 Å². The van der Waals surface area contributed by atoms with Gasteiger partial charge in [0.1, 0.15) is 0 Å². The highest BCUT2D eigenvalue weighted by Gasteiger charge is 2.17. The molecule has 0 amide bonds. The molecule has 0 heterocycles. The van der Waals surface area contributed by atoms with E-state index in [1.165, 1.54) is 11.1 Å². The Morgan fingerprint density at radius 2 is 1.84 bits per heavy atom. The molecule has 0 saturated carbocycles. The van der Waals surface area contributed by atoms with Crippen molar-refractivity contribution in [2.24, 2.45) is 5.41 Å². The number of hydrogen-bond acceptors (Lipinski definition) is 2. The first-order valence-corrected chi connectivity index (χ1v) is 7.33. The number of benzene rings is 1. The van der Waals surface area contributed by atoms with Gasteiger partial charge in [-0.2, -0.15) is 0 Å². The molecule has 1 aromatic carbocycles. The highest BCUT2D eigenvalue weighted by molar-refractivity contribution is 5.21. The minimum absolute atomic E-state index is 0.173. The van der Waals surface area contributed by atoms with Gasteiger partial charge in [-0.25, -0.2) is 0 Å². The van der Waals surface area contributed by atoms with E-state index in [4.69, 9.17) is 5.11 Å². The van der Waals surface area contributed by atoms with Crippen molar-refractivity contribution in [3.05, 3.63) is 35.4 Å². The van der Waals surface area contributed by atoms with Gasteiger partial charge < -0.3 is 10.4 Å². The zero-order chi connectivity index (χ0) is 14.3. The first kappa shape index (κ1) is 16.2. The zero-order valence-corrected chi connectivity index (χ0v) is 12.9. The Hall–Kier alpha value is -0.860. The number of aliphatic hydroxyl groups is 1. The molecule has 0 fully saturated rings. The summed E-state index contributed by atoms with van der Waals surface area (Å²) in [5, 5.41) is 12.6. The SMILES string of the molecule is Cc1ccc(CCC(C)NCC(C)(C)CCO)cc1. The monoisotopic (exact) mass is 263 g/mol. The predicted molar refractivity (Wildman–Crippen MR) is 82.4 cm³/mol. The average Bonchev–Trinajstić information content (AvgIpc) is 2.36. The van der Waals surface area contributed by atoms with Crippen molar-refractivity contribution in [2.75, 3.05) is 13.2 Å². The Morgan fingerprint density at radius 3 is 2.42 bits per heavy atom. The molecule has 108 valence electrons. The molecule has 0 saturated heterocycles. The number of nitrogens with one attached hydrogen (secondary N) is 1. The van der Waals surface area contributed by atoms with Crippen LogP contribution in [0.1, 0.15) is 44.7 Å². The van der Waals surface area contributed by atoms with E-state index in [0.29, 0.717) is 6.04 Å². The maximum absolute atomic E-state index is 9.01. The number of rotatable bonds is 8. The molecule has 1 atom stereocenters. The molecule has 19 heavy (non-hydrogen) atoms. The molecular weight excluding hydrogens is 234 g/mol. The van der Waals surface area contributed by atoms with Gasteiger partial charge in [-0.05, 0) is 44.1 Å². The minimum Gasteiger partial charge on any atom is -0.396 e. The Kier molecular flexibility index (Phi) is 6.53. The summed E-state index contributed by atoms with van der Waals surface area (Å²) in [5.41, 5.74) is 2.90. The van der Waals surface area contributed by atoms with Crippen LogP contribution in [0.5, 0.6) is 0 Å². The summed E-state index contributed by atoms with van der Waals surface area (Å²) < 4.78 is 0. The summed E-state index contributed by atoms with van der Waals surface area (Å²) in [6, 6.07) is 9.31. The van der Waals surface area contributed by atoms with Gasteiger partial charge in [0.25, 0.3) is 0 Å². The van der Waals surface area contributed by atoms with E-state index < -0.39 is 0 Å². The number of aryl methyl sites for hydroxylation is 2. The van der Waals surface area contributed by atoms with E-state index >= 15 is 0 Å². The van der Waals surface area contributed by atoms with Crippen LogP contribution < -0.4 is 5.32 Å². The van der Waals surface area contributed by atoms with Gasteiger partial charge in [0, 0.05) is 19.2 Å². The largest absolute Gasteiger partial charge is 0.396 e. The van der Waals surface area contributed by atoms with E-state index in [1.807, 2.05) is 0 Å². The first-order chi connectivity index (χ1) is 8.93. The Labute approximate surface area is 118 Å². The lowest BCUT2D eigenvalue weighted by Gasteiger charge is -2.26. The van der Waals surface area contributed by atoms with Gasteiger partial charge in [-0.15, -0.1) is 0 Å². The lowest BCUT2D eigenvalue weighted by atomic mass is 9.89. The van der Waals surface area contributed by atoms with Crippen molar-refractivity contribution >= 4 is 0 Å².